The van der Waals surface area contributed by atoms with Gasteiger partial charge in [-0.1, -0.05) is 6.42 Å². The third-order valence-electron chi connectivity index (χ3n) is 2.60. The van der Waals surface area contributed by atoms with Crippen LogP contribution in [0.5, 0.6) is 5.88 Å². The number of unbranched alkanes of at least 4 members (excludes halogenated alkanes) is 2. The minimum atomic E-state index is -0.486. The number of nitrogens with zero attached hydrogens (tertiary/aromatic N) is 1. The fourth-order valence-corrected chi connectivity index (χ4v) is 1.63. The average Bonchev–Trinajstić information content (AvgIpc) is 2.91. The molecule has 0 saturated heterocycles. The summed E-state index contributed by atoms with van der Waals surface area (Å²) in [4.78, 5) is 22.9. The third-order valence-corrected chi connectivity index (χ3v) is 2.60. The topological polar surface area (TPSA) is 90.7 Å². The first-order valence-electron chi connectivity index (χ1n) is 7.38. The number of ketones is 1. The Bertz CT molecular complexity index is 451. The molecule has 0 atom stereocenters. The first-order chi connectivity index (χ1) is 10.4. The van der Waals surface area contributed by atoms with Gasteiger partial charge in [-0.25, -0.2) is 4.79 Å². The summed E-state index contributed by atoms with van der Waals surface area (Å²) in [6, 6.07) is 1.55. The van der Waals surface area contributed by atoms with Gasteiger partial charge in [0.1, 0.15) is 18.5 Å². The first kappa shape index (κ1) is 18.0. The van der Waals surface area contributed by atoms with E-state index in [0.29, 0.717) is 18.8 Å². The molecule has 0 spiro atoms. The van der Waals surface area contributed by atoms with Gasteiger partial charge in [-0.3, -0.25) is 4.79 Å². The maximum atomic E-state index is 11.6. The minimum absolute atomic E-state index is 0.00267. The lowest BCUT2D eigenvalue weighted by Crippen LogP contribution is -2.33. The molecule has 0 fully saturated rings. The molecule has 7 nitrogen and oxygen atoms in total. The molecule has 0 radical (unpaired) electrons. The van der Waals surface area contributed by atoms with E-state index in [1.807, 2.05) is 20.8 Å². The van der Waals surface area contributed by atoms with Gasteiger partial charge in [0.15, 0.2) is 5.78 Å². The van der Waals surface area contributed by atoms with Crippen molar-refractivity contribution in [3.63, 3.8) is 0 Å². The zero-order valence-corrected chi connectivity index (χ0v) is 13.4. The lowest BCUT2D eigenvalue weighted by molar-refractivity contribution is -0.121. The standard InChI is InChI=1S/C15H24N2O5/c1-15(2,3)22-14(19)16-9-6-4-5-7-12(18)11-20-13-8-10-21-17-13/h8,10H,4-7,9,11H2,1-3H3,(H,16,19). The predicted octanol–water partition coefficient (Wildman–Crippen LogP) is 2.71. The highest BCUT2D eigenvalue weighted by Crippen LogP contribution is 2.07. The molecule has 1 amide bonds. The molecule has 0 bridgehead atoms. The molecule has 0 saturated carbocycles. The van der Waals surface area contributed by atoms with Gasteiger partial charge in [0.2, 0.25) is 0 Å². The molecule has 7 heteroatoms. The number of carbonyl (C=O) groups excluding carboxylic acids is 2. The summed E-state index contributed by atoms with van der Waals surface area (Å²) >= 11 is 0. The van der Waals surface area contributed by atoms with Gasteiger partial charge in [0.25, 0.3) is 5.88 Å². The van der Waals surface area contributed by atoms with Crippen LogP contribution < -0.4 is 10.1 Å². The second-order valence-corrected chi connectivity index (χ2v) is 5.90. The van der Waals surface area contributed by atoms with Crippen LogP contribution >= 0.6 is 0 Å². The summed E-state index contributed by atoms with van der Waals surface area (Å²) in [5.74, 6) is 0.331. The van der Waals surface area contributed by atoms with E-state index in [-0.39, 0.29) is 12.4 Å². The maximum Gasteiger partial charge on any atom is 0.407 e. The Balaban J connectivity index is 1.96. The summed E-state index contributed by atoms with van der Waals surface area (Å²) in [5, 5.41) is 6.23. The van der Waals surface area contributed by atoms with E-state index in [1.165, 1.54) is 6.26 Å². The van der Waals surface area contributed by atoms with E-state index in [9.17, 15) is 9.59 Å². The smallest absolute Gasteiger partial charge is 0.407 e. The normalized spacial score (nSPS) is 11.0. The summed E-state index contributed by atoms with van der Waals surface area (Å²) in [6.07, 6.45) is 3.84. The van der Waals surface area contributed by atoms with E-state index in [4.69, 9.17) is 9.47 Å². The lowest BCUT2D eigenvalue weighted by Gasteiger charge is -2.19. The van der Waals surface area contributed by atoms with Crippen molar-refractivity contribution in [1.82, 2.24) is 10.5 Å². The number of alkyl carbamates (subject to hydrolysis) is 1. The molecule has 22 heavy (non-hydrogen) atoms. The van der Waals surface area contributed by atoms with Crippen molar-refractivity contribution in [2.45, 2.75) is 52.1 Å². The van der Waals surface area contributed by atoms with Crippen molar-refractivity contribution in [1.29, 1.82) is 0 Å². The van der Waals surface area contributed by atoms with Crippen LogP contribution in [-0.4, -0.2) is 35.8 Å². The summed E-state index contributed by atoms with van der Waals surface area (Å²) in [5.41, 5.74) is -0.486. The number of nitrogens with one attached hydrogen (secondary N) is 1. The Hall–Kier alpha value is -2.05. The van der Waals surface area contributed by atoms with Crippen molar-refractivity contribution >= 4 is 11.9 Å². The van der Waals surface area contributed by atoms with Crippen molar-refractivity contribution in [2.24, 2.45) is 0 Å². The van der Waals surface area contributed by atoms with Crippen LogP contribution in [0.3, 0.4) is 0 Å². The zero-order valence-electron chi connectivity index (χ0n) is 13.4. The van der Waals surface area contributed by atoms with Crippen LogP contribution in [-0.2, 0) is 9.53 Å². The number of amides is 1. The van der Waals surface area contributed by atoms with Crippen molar-refractivity contribution in [3.05, 3.63) is 12.3 Å². The van der Waals surface area contributed by atoms with Crippen molar-refractivity contribution in [3.8, 4) is 5.88 Å². The number of aromatic nitrogens is 1. The number of hydrogen-bond acceptors (Lipinski definition) is 6. The van der Waals surface area contributed by atoms with Gasteiger partial charge in [-0.05, 0) is 38.8 Å². The van der Waals surface area contributed by atoms with E-state index in [1.54, 1.807) is 6.07 Å². The molecule has 0 unspecified atom stereocenters. The quantitative estimate of drug-likeness (QED) is 0.705. The van der Waals surface area contributed by atoms with Crippen LogP contribution in [0.15, 0.2) is 16.9 Å². The average molecular weight is 312 g/mol. The molecule has 0 aliphatic heterocycles. The van der Waals surface area contributed by atoms with Gasteiger partial charge in [-0.15, -0.1) is 0 Å². The zero-order chi connectivity index (χ0) is 16.4. The van der Waals surface area contributed by atoms with Crippen molar-refractivity contribution in [2.75, 3.05) is 13.2 Å². The highest BCUT2D eigenvalue weighted by molar-refractivity contribution is 5.79. The second-order valence-electron chi connectivity index (χ2n) is 5.90. The summed E-state index contributed by atoms with van der Waals surface area (Å²) in [6.45, 7) is 6.00. The van der Waals surface area contributed by atoms with Crippen LogP contribution in [0.4, 0.5) is 4.79 Å². The minimum Gasteiger partial charge on any atom is -0.468 e. The predicted molar refractivity (Wildman–Crippen MR) is 79.7 cm³/mol. The molecule has 1 N–H and O–H groups in total. The number of ether oxygens (including phenoxy) is 2. The number of carbonyl (C=O) groups is 2. The molecule has 0 aromatic carbocycles. The monoisotopic (exact) mass is 312 g/mol. The Labute approximate surface area is 130 Å². The number of hydrogen-bond donors (Lipinski definition) is 1. The molecular weight excluding hydrogens is 288 g/mol. The van der Waals surface area contributed by atoms with Crippen LogP contribution in [0.2, 0.25) is 0 Å². The lowest BCUT2D eigenvalue weighted by atomic mass is 10.1. The van der Waals surface area contributed by atoms with E-state index in [0.717, 1.165) is 19.3 Å². The number of rotatable bonds is 9. The Morgan fingerprint density at radius 2 is 2.05 bits per heavy atom. The summed E-state index contributed by atoms with van der Waals surface area (Å²) < 4.78 is 14.8. The molecule has 1 heterocycles. The van der Waals surface area contributed by atoms with Crippen molar-refractivity contribution < 1.29 is 23.6 Å². The van der Waals surface area contributed by atoms with Gasteiger partial charge in [-0.2, -0.15) is 0 Å². The third kappa shape index (κ3) is 8.99. The first-order valence-corrected chi connectivity index (χ1v) is 7.38. The Morgan fingerprint density at radius 3 is 2.68 bits per heavy atom. The van der Waals surface area contributed by atoms with E-state index >= 15 is 0 Å². The van der Waals surface area contributed by atoms with Crippen LogP contribution in [0, 0.1) is 0 Å². The molecular formula is C15H24N2O5. The molecule has 0 aliphatic carbocycles. The summed E-state index contributed by atoms with van der Waals surface area (Å²) in [7, 11) is 0. The molecule has 1 rings (SSSR count). The fourth-order valence-electron chi connectivity index (χ4n) is 1.63. The maximum absolute atomic E-state index is 11.6. The number of Topliss-reactive ketones (excluding diaryl/α,β-unsaturated/α-hetero) is 1. The van der Waals surface area contributed by atoms with E-state index < -0.39 is 11.7 Å². The highest BCUT2D eigenvalue weighted by Gasteiger charge is 2.15. The van der Waals surface area contributed by atoms with Gasteiger partial charge >= 0.3 is 6.09 Å². The van der Waals surface area contributed by atoms with Gasteiger partial charge in [0.05, 0.1) is 0 Å². The second kappa shape index (κ2) is 9.07. The Kier molecular flexibility index (Phi) is 7.42. The van der Waals surface area contributed by atoms with Crippen LogP contribution in [0.1, 0.15) is 46.5 Å². The largest absolute Gasteiger partial charge is 0.468 e. The van der Waals surface area contributed by atoms with Gasteiger partial charge in [0, 0.05) is 19.0 Å². The Morgan fingerprint density at radius 1 is 1.27 bits per heavy atom. The van der Waals surface area contributed by atoms with Crippen LogP contribution in [0.25, 0.3) is 0 Å². The molecule has 1 aromatic rings. The SMILES string of the molecule is CC(C)(C)OC(=O)NCCCCCC(=O)COc1ccon1. The highest BCUT2D eigenvalue weighted by atomic mass is 16.6. The molecule has 0 aliphatic rings. The molecule has 1 aromatic heterocycles. The van der Waals surface area contributed by atoms with E-state index in [2.05, 4.69) is 15.0 Å². The fraction of sp³-hybridized carbons (Fsp3) is 0.667. The molecule has 124 valence electrons. The van der Waals surface area contributed by atoms with Gasteiger partial charge < -0.3 is 19.3 Å².